The lowest BCUT2D eigenvalue weighted by Crippen LogP contribution is -2.47. The van der Waals surface area contributed by atoms with Crippen molar-refractivity contribution in [1.82, 2.24) is 4.72 Å². The molecule has 11 heteroatoms. The van der Waals surface area contributed by atoms with Crippen LogP contribution in [0.5, 0.6) is 5.75 Å². The highest BCUT2D eigenvalue weighted by molar-refractivity contribution is 7.92. The van der Waals surface area contributed by atoms with Gasteiger partial charge >= 0.3 is 0 Å². The molecule has 2 N–H and O–H groups in total. The van der Waals surface area contributed by atoms with E-state index in [0.29, 0.717) is 5.69 Å². The quantitative estimate of drug-likeness (QED) is 0.521. The number of carbonyl (C=O) groups is 1. The number of sulfonamides is 2. The highest BCUT2D eigenvalue weighted by atomic mass is 32.2. The molecule has 1 amide bonds. The van der Waals surface area contributed by atoms with E-state index in [1.165, 1.54) is 25.3 Å². The second kappa shape index (κ2) is 10.5. The van der Waals surface area contributed by atoms with Crippen molar-refractivity contribution >= 4 is 37.3 Å². The van der Waals surface area contributed by atoms with Gasteiger partial charge in [-0.3, -0.25) is 9.10 Å². The molecule has 0 aliphatic carbocycles. The van der Waals surface area contributed by atoms with E-state index in [2.05, 4.69) is 10.0 Å². The zero-order valence-corrected chi connectivity index (χ0v) is 21.2. The smallest absolute Gasteiger partial charge is 0.248 e. The van der Waals surface area contributed by atoms with Crippen LogP contribution in [0.4, 0.5) is 11.4 Å². The molecule has 0 saturated heterocycles. The SMILES string of the molecule is CC[C@H](C(=O)Nc1cc(S(=O)(=O)NC(C)C)ccc1OC)N(c1ccc(C)cc1)S(C)(=O)=O. The summed E-state index contributed by atoms with van der Waals surface area (Å²) in [5, 5.41) is 2.65. The fourth-order valence-corrected chi connectivity index (χ4v) is 5.79. The number of ether oxygens (including phenoxy) is 1. The van der Waals surface area contributed by atoms with Crippen molar-refractivity contribution in [2.24, 2.45) is 0 Å². The molecule has 0 unspecified atom stereocenters. The van der Waals surface area contributed by atoms with Gasteiger partial charge in [0.05, 0.1) is 29.6 Å². The van der Waals surface area contributed by atoms with Crippen LogP contribution in [0.15, 0.2) is 47.4 Å². The highest BCUT2D eigenvalue weighted by Crippen LogP contribution is 2.29. The van der Waals surface area contributed by atoms with Gasteiger partial charge in [-0.05, 0) is 57.5 Å². The minimum atomic E-state index is -3.82. The number of carbonyl (C=O) groups excluding carboxylic acids is 1. The molecule has 2 rings (SSSR count). The lowest BCUT2D eigenvalue weighted by Gasteiger charge is -2.30. The van der Waals surface area contributed by atoms with Gasteiger partial charge in [0.2, 0.25) is 26.0 Å². The summed E-state index contributed by atoms with van der Waals surface area (Å²) < 4.78 is 59.2. The van der Waals surface area contributed by atoms with E-state index in [1.807, 2.05) is 6.92 Å². The van der Waals surface area contributed by atoms with Crippen LogP contribution >= 0.6 is 0 Å². The topological polar surface area (TPSA) is 122 Å². The van der Waals surface area contributed by atoms with Crippen molar-refractivity contribution in [2.75, 3.05) is 23.0 Å². The fraction of sp³-hybridized carbons (Fsp3) is 0.409. The van der Waals surface area contributed by atoms with Crippen molar-refractivity contribution in [1.29, 1.82) is 0 Å². The minimum Gasteiger partial charge on any atom is -0.495 e. The van der Waals surface area contributed by atoms with Crippen molar-refractivity contribution in [3.05, 3.63) is 48.0 Å². The molecule has 0 aromatic heterocycles. The van der Waals surface area contributed by atoms with Gasteiger partial charge in [-0.2, -0.15) is 0 Å². The number of hydrogen-bond donors (Lipinski definition) is 2. The predicted octanol–water partition coefficient (Wildman–Crippen LogP) is 2.87. The Morgan fingerprint density at radius 1 is 1.06 bits per heavy atom. The summed E-state index contributed by atoms with van der Waals surface area (Å²) in [4.78, 5) is 13.2. The summed E-state index contributed by atoms with van der Waals surface area (Å²) in [7, 11) is -6.24. The van der Waals surface area contributed by atoms with Gasteiger partial charge in [-0.1, -0.05) is 24.6 Å². The summed E-state index contributed by atoms with van der Waals surface area (Å²) in [6.45, 7) is 6.96. The van der Waals surface area contributed by atoms with Gasteiger partial charge in [-0.15, -0.1) is 0 Å². The molecule has 0 fully saturated rings. The van der Waals surface area contributed by atoms with Crippen molar-refractivity contribution in [2.45, 2.75) is 51.1 Å². The first-order valence-corrected chi connectivity index (χ1v) is 13.7. The van der Waals surface area contributed by atoms with Crippen LogP contribution in [-0.4, -0.2) is 48.2 Å². The molecule has 0 saturated carbocycles. The number of hydrogen-bond acceptors (Lipinski definition) is 6. The van der Waals surface area contributed by atoms with Gasteiger partial charge in [0, 0.05) is 6.04 Å². The van der Waals surface area contributed by atoms with E-state index in [1.54, 1.807) is 45.0 Å². The molecule has 2 aromatic carbocycles. The zero-order valence-electron chi connectivity index (χ0n) is 19.6. The molecule has 1 atom stereocenters. The van der Waals surface area contributed by atoms with E-state index in [0.717, 1.165) is 16.1 Å². The third kappa shape index (κ3) is 6.68. The van der Waals surface area contributed by atoms with Crippen molar-refractivity contribution < 1.29 is 26.4 Å². The average molecular weight is 498 g/mol. The van der Waals surface area contributed by atoms with E-state index in [4.69, 9.17) is 4.74 Å². The van der Waals surface area contributed by atoms with Gasteiger partial charge < -0.3 is 10.1 Å². The monoisotopic (exact) mass is 497 g/mol. The van der Waals surface area contributed by atoms with Crippen LogP contribution in [0.1, 0.15) is 32.8 Å². The number of nitrogens with one attached hydrogen (secondary N) is 2. The molecular weight excluding hydrogens is 466 g/mol. The number of nitrogens with zero attached hydrogens (tertiary/aromatic N) is 1. The molecule has 0 radical (unpaired) electrons. The number of rotatable bonds is 10. The largest absolute Gasteiger partial charge is 0.495 e. The number of benzene rings is 2. The Morgan fingerprint density at radius 3 is 2.15 bits per heavy atom. The molecule has 0 aliphatic rings. The first-order chi connectivity index (χ1) is 15.3. The number of amides is 1. The lowest BCUT2D eigenvalue weighted by atomic mass is 10.1. The predicted molar refractivity (Wildman–Crippen MR) is 130 cm³/mol. The second-order valence-corrected chi connectivity index (χ2v) is 11.5. The minimum absolute atomic E-state index is 0.0566. The number of anilines is 2. The van der Waals surface area contributed by atoms with Crippen molar-refractivity contribution in [3.63, 3.8) is 0 Å². The molecule has 2 aromatic rings. The second-order valence-electron chi connectivity index (χ2n) is 7.95. The zero-order chi connectivity index (χ0) is 25.0. The van der Waals surface area contributed by atoms with Crippen molar-refractivity contribution in [3.8, 4) is 5.75 Å². The third-order valence-electron chi connectivity index (χ3n) is 4.75. The van der Waals surface area contributed by atoms with E-state index in [9.17, 15) is 21.6 Å². The van der Waals surface area contributed by atoms with Gasteiger partial charge in [0.15, 0.2) is 0 Å². The third-order valence-corrected chi connectivity index (χ3v) is 7.58. The molecule has 0 spiro atoms. The Bertz CT molecular complexity index is 1190. The Labute approximate surface area is 196 Å². The molecule has 0 aliphatic heterocycles. The summed E-state index contributed by atoms with van der Waals surface area (Å²) in [6, 6.07) is 9.49. The Morgan fingerprint density at radius 2 is 1.67 bits per heavy atom. The van der Waals surface area contributed by atoms with Crippen LogP contribution in [0.25, 0.3) is 0 Å². The van der Waals surface area contributed by atoms with Crippen LogP contribution < -0.4 is 19.1 Å². The standard InChI is InChI=1S/C22H31N3O6S2/c1-7-20(25(32(6,27)28)17-10-8-16(4)9-11-17)22(26)23-19-14-18(12-13-21(19)31-5)33(29,30)24-15(2)3/h8-15,20,24H,7H2,1-6H3,(H,23,26)/t20-/m1/s1. The average Bonchev–Trinajstić information content (AvgIpc) is 2.70. The Balaban J connectivity index is 2.47. The Hall–Kier alpha value is -2.63. The van der Waals surface area contributed by atoms with Gasteiger partial charge in [0.1, 0.15) is 11.8 Å². The Kier molecular flexibility index (Phi) is 8.50. The summed E-state index contributed by atoms with van der Waals surface area (Å²) in [5.74, 6) is -0.379. The maximum atomic E-state index is 13.2. The van der Waals surface area contributed by atoms with Crippen LogP contribution in [0.2, 0.25) is 0 Å². The number of methoxy groups -OCH3 is 1. The normalized spacial score (nSPS) is 12.9. The van der Waals surface area contributed by atoms with Crippen LogP contribution in [0.3, 0.4) is 0 Å². The van der Waals surface area contributed by atoms with E-state index in [-0.39, 0.29) is 28.8 Å². The van der Waals surface area contributed by atoms with Crippen LogP contribution in [0, 0.1) is 6.92 Å². The van der Waals surface area contributed by atoms with Crippen LogP contribution in [-0.2, 0) is 24.8 Å². The molecule has 9 nitrogen and oxygen atoms in total. The maximum Gasteiger partial charge on any atom is 0.248 e. The molecular formula is C22H31N3O6S2. The molecule has 0 bridgehead atoms. The molecule has 0 heterocycles. The summed E-state index contributed by atoms with van der Waals surface area (Å²) in [5.41, 5.74) is 1.42. The molecule has 33 heavy (non-hydrogen) atoms. The number of aryl methyl sites for hydroxylation is 1. The highest BCUT2D eigenvalue weighted by Gasteiger charge is 2.32. The first-order valence-electron chi connectivity index (χ1n) is 10.4. The summed E-state index contributed by atoms with van der Waals surface area (Å²) >= 11 is 0. The van der Waals surface area contributed by atoms with Gasteiger partial charge in [0.25, 0.3) is 0 Å². The summed E-state index contributed by atoms with van der Waals surface area (Å²) in [6.07, 6.45) is 1.22. The van der Waals surface area contributed by atoms with Gasteiger partial charge in [-0.25, -0.2) is 21.6 Å². The van der Waals surface area contributed by atoms with E-state index < -0.39 is 32.0 Å². The lowest BCUT2D eigenvalue weighted by molar-refractivity contribution is -0.117. The van der Waals surface area contributed by atoms with E-state index >= 15 is 0 Å². The fourth-order valence-electron chi connectivity index (χ4n) is 3.30. The maximum absolute atomic E-state index is 13.2. The molecule has 182 valence electrons. The first kappa shape index (κ1) is 26.6.